The average molecular weight is 911 g/mol. The van der Waals surface area contributed by atoms with E-state index in [-0.39, 0.29) is 31.1 Å². The van der Waals surface area contributed by atoms with Crippen LogP contribution in [-0.2, 0) is 28.6 Å². The van der Waals surface area contributed by atoms with Crippen molar-refractivity contribution in [3.05, 3.63) is 48.6 Å². The summed E-state index contributed by atoms with van der Waals surface area (Å²) in [5.41, 5.74) is 0. The SMILES string of the molecule is CC/C=C\C/C=C\C/C=C\C/C=C\CCCCCCCCCCCCCCCCCCCCCCC(=O)OCC(COC(=O)CCCCCCCC)OC(=O)CCCCCCCCCC. The number of carbonyl (C=O) groups is 3. The van der Waals surface area contributed by atoms with E-state index in [2.05, 4.69) is 69.4 Å². The molecule has 0 saturated carbocycles. The lowest BCUT2D eigenvalue weighted by Crippen LogP contribution is -2.30. The first-order chi connectivity index (χ1) is 32.0. The zero-order valence-electron chi connectivity index (χ0n) is 43.3. The molecule has 0 aromatic carbocycles. The lowest BCUT2D eigenvalue weighted by molar-refractivity contribution is -0.167. The summed E-state index contributed by atoms with van der Waals surface area (Å²) < 4.78 is 16.6. The molecule has 0 fully saturated rings. The Kier molecular flexibility index (Phi) is 51.8. The summed E-state index contributed by atoms with van der Waals surface area (Å²) in [6.07, 6.45) is 66.0. The van der Waals surface area contributed by atoms with Gasteiger partial charge >= 0.3 is 17.9 Å². The van der Waals surface area contributed by atoms with Crippen LogP contribution in [0.5, 0.6) is 0 Å². The van der Waals surface area contributed by atoms with E-state index in [1.807, 2.05) is 0 Å². The van der Waals surface area contributed by atoms with E-state index in [9.17, 15) is 14.4 Å². The molecule has 0 bridgehead atoms. The molecule has 0 aromatic heterocycles. The molecule has 0 aromatic rings. The van der Waals surface area contributed by atoms with E-state index in [4.69, 9.17) is 14.2 Å². The molecule has 0 heterocycles. The molecule has 0 spiro atoms. The van der Waals surface area contributed by atoms with Crippen molar-refractivity contribution in [3.63, 3.8) is 0 Å². The Hall–Kier alpha value is -2.63. The standard InChI is InChI=1S/C59H106O6/c1-4-7-10-13-16-18-19-20-21-22-23-24-25-26-27-28-29-30-31-32-33-34-35-36-37-38-39-40-41-42-44-46-49-52-58(61)64-55-56(54-63-57(60)51-48-45-15-12-9-6-3)65-59(62)53-50-47-43-17-14-11-8-5-2/h7,10,16,18,20-21,23-24,56H,4-6,8-9,11-15,17,19,22,25-55H2,1-3H3/b10-7-,18-16-,21-20-,24-23-. The second-order valence-electron chi connectivity index (χ2n) is 18.8. The maximum atomic E-state index is 12.6. The molecule has 0 aliphatic carbocycles. The van der Waals surface area contributed by atoms with Gasteiger partial charge in [-0.15, -0.1) is 0 Å². The molecule has 378 valence electrons. The van der Waals surface area contributed by atoms with Crippen molar-refractivity contribution in [1.29, 1.82) is 0 Å². The molecular formula is C59H106O6. The van der Waals surface area contributed by atoms with Gasteiger partial charge < -0.3 is 14.2 Å². The lowest BCUT2D eigenvalue weighted by Gasteiger charge is -2.18. The van der Waals surface area contributed by atoms with Crippen LogP contribution in [0, 0.1) is 0 Å². The highest BCUT2D eigenvalue weighted by atomic mass is 16.6. The quantitative estimate of drug-likeness (QED) is 0.0262. The van der Waals surface area contributed by atoms with Gasteiger partial charge in [0.2, 0.25) is 0 Å². The van der Waals surface area contributed by atoms with Crippen molar-refractivity contribution in [2.45, 2.75) is 297 Å². The highest BCUT2D eigenvalue weighted by molar-refractivity contribution is 5.71. The van der Waals surface area contributed by atoms with Gasteiger partial charge in [-0.3, -0.25) is 14.4 Å². The smallest absolute Gasteiger partial charge is 0.306 e. The van der Waals surface area contributed by atoms with E-state index in [1.54, 1.807) is 0 Å². The Bertz CT molecular complexity index is 1140. The zero-order chi connectivity index (χ0) is 47.2. The third kappa shape index (κ3) is 52.2. The minimum absolute atomic E-state index is 0.0679. The summed E-state index contributed by atoms with van der Waals surface area (Å²) in [5, 5.41) is 0. The molecule has 0 amide bonds. The van der Waals surface area contributed by atoms with Crippen molar-refractivity contribution >= 4 is 17.9 Å². The topological polar surface area (TPSA) is 78.9 Å². The van der Waals surface area contributed by atoms with E-state index >= 15 is 0 Å². The van der Waals surface area contributed by atoms with E-state index in [0.29, 0.717) is 19.3 Å². The van der Waals surface area contributed by atoms with Crippen LogP contribution in [-0.4, -0.2) is 37.2 Å². The summed E-state index contributed by atoms with van der Waals surface area (Å²) in [5.74, 6) is -0.872. The van der Waals surface area contributed by atoms with Gasteiger partial charge in [-0.1, -0.05) is 262 Å². The van der Waals surface area contributed by atoms with Crippen LogP contribution in [0.2, 0.25) is 0 Å². The fourth-order valence-corrected chi connectivity index (χ4v) is 8.14. The average Bonchev–Trinajstić information content (AvgIpc) is 3.30. The van der Waals surface area contributed by atoms with E-state index in [1.165, 1.54) is 167 Å². The van der Waals surface area contributed by atoms with Crippen molar-refractivity contribution < 1.29 is 28.6 Å². The van der Waals surface area contributed by atoms with Gasteiger partial charge in [0, 0.05) is 19.3 Å². The normalized spacial score (nSPS) is 12.4. The van der Waals surface area contributed by atoms with Gasteiger partial charge in [0.15, 0.2) is 6.10 Å². The van der Waals surface area contributed by atoms with Gasteiger partial charge in [-0.2, -0.15) is 0 Å². The van der Waals surface area contributed by atoms with Crippen LogP contribution >= 0.6 is 0 Å². The third-order valence-corrected chi connectivity index (χ3v) is 12.3. The number of unbranched alkanes of at least 4 members (excludes halogenated alkanes) is 32. The zero-order valence-corrected chi connectivity index (χ0v) is 43.3. The van der Waals surface area contributed by atoms with Crippen LogP contribution in [0.3, 0.4) is 0 Å². The Morgan fingerprint density at radius 1 is 0.323 bits per heavy atom. The molecule has 1 unspecified atom stereocenters. The molecule has 0 radical (unpaired) electrons. The molecule has 1 atom stereocenters. The summed E-state index contributed by atoms with van der Waals surface area (Å²) >= 11 is 0. The number of hydrogen-bond donors (Lipinski definition) is 0. The van der Waals surface area contributed by atoms with Gasteiger partial charge in [-0.05, 0) is 57.8 Å². The van der Waals surface area contributed by atoms with Crippen LogP contribution in [0.15, 0.2) is 48.6 Å². The predicted octanol–water partition coefficient (Wildman–Crippen LogP) is 18.7. The monoisotopic (exact) mass is 911 g/mol. The van der Waals surface area contributed by atoms with Crippen molar-refractivity contribution in [3.8, 4) is 0 Å². The molecule has 6 nitrogen and oxygen atoms in total. The van der Waals surface area contributed by atoms with E-state index < -0.39 is 6.10 Å². The first kappa shape index (κ1) is 62.4. The summed E-state index contributed by atoms with van der Waals surface area (Å²) in [7, 11) is 0. The Labute approximate surface area is 403 Å². The first-order valence-electron chi connectivity index (χ1n) is 28.1. The van der Waals surface area contributed by atoms with Gasteiger partial charge in [0.25, 0.3) is 0 Å². The number of allylic oxidation sites excluding steroid dienone is 8. The fraction of sp³-hybridized carbons (Fsp3) is 0.814. The van der Waals surface area contributed by atoms with Crippen LogP contribution in [0.25, 0.3) is 0 Å². The molecule has 0 aliphatic rings. The highest BCUT2D eigenvalue weighted by Gasteiger charge is 2.19. The highest BCUT2D eigenvalue weighted by Crippen LogP contribution is 2.17. The predicted molar refractivity (Wildman–Crippen MR) is 279 cm³/mol. The summed E-state index contributed by atoms with van der Waals surface area (Å²) in [4.78, 5) is 37.6. The summed E-state index contributed by atoms with van der Waals surface area (Å²) in [6.45, 7) is 6.45. The van der Waals surface area contributed by atoms with Crippen molar-refractivity contribution in [1.82, 2.24) is 0 Å². The second kappa shape index (κ2) is 54.0. The lowest BCUT2D eigenvalue weighted by atomic mass is 10.0. The Morgan fingerprint density at radius 2 is 0.600 bits per heavy atom. The number of ether oxygens (including phenoxy) is 3. The fourth-order valence-electron chi connectivity index (χ4n) is 8.14. The van der Waals surface area contributed by atoms with Crippen molar-refractivity contribution in [2.75, 3.05) is 13.2 Å². The van der Waals surface area contributed by atoms with Crippen LogP contribution in [0.4, 0.5) is 0 Å². The molecule has 65 heavy (non-hydrogen) atoms. The largest absolute Gasteiger partial charge is 0.462 e. The minimum Gasteiger partial charge on any atom is -0.462 e. The van der Waals surface area contributed by atoms with E-state index in [0.717, 1.165) is 83.5 Å². The minimum atomic E-state index is -0.761. The number of rotatable bonds is 51. The number of hydrogen-bond acceptors (Lipinski definition) is 6. The second-order valence-corrected chi connectivity index (χ2v) is 18.8. The van der Waals surface area contributed by atoms with Crippen molar-refractivity contribution in [2.24, 2.45) is 0 Å². The molecule has 0 rings (SSSR count). The van der Waals surface area contributed by atoms with Gasteiger partial charge in [-0.25, -0.2) is 0 Å². The molecule has 0 N–H and O–H groups in total. The maximum absolute atomic E-state index is 12.6. The summed E-state index contributed by atoms with van der Waals surface area (Å²) in [6, 6.07) is 0. The Balaban J connectivity index is 3.82. The maximum Gasteiger partial charge on any atom is 0.306 e. The first-order valence-corrected chi connectivity index (χ1v) is 28.1. The van der Waals surface area contributed by atoms with Crippen LogP contribution in [0.1, 0.15) is 290 Å². The number of carbonyl (C=O) groups excluding carboxylic acids is 3. The van der Waals surface area contributed by atoms with Gasteiger partial charge in [0.1, 0.15) is 13.2 Å². The Morgan fingerprint density at radius 3 is 0.938 bits per heavy atom. The number of esters is 3. The third-order valence-electron chi connectivity index (χ3n) is 12.3. The molecule has 0 saturated heterocycles. The molecule has 0 aliphatic heterocycles. The molecule has 6 heteroatoms. The van der Waals surface area contributed by atoms with Gasteiger partial charge in [0.05, 0.1) is 0 Å². The molecular weight excluding hydrogens is 805 g/mol. The van der Waals surface area contributed by atoms with Crippen LogP contribution < -0.4 is 0 Å².